The highest BCUT2D eigenvalue weighted by molar-refractivity contribution is 6.34. The van der Waals surface area contributed by atoms with Crippen LogP contribution in [0.2, 0.25) is 10.0 Å². The molecule has 0 aliphatic heterocycles. The minimum atomic E-state index is -1.86. The number of ether oxygens (including phenoxy) is 2. The number of aryl methyl sites for hydroxylation is 1. The van der Waals surface area contributed by atoms with Crippen molar-refractivity contribution in [2.45, 2.75) is 94.1 Å². The van der Waals surface area contributed by atoms with Gasteiger partial charge in [0.1, 0.15) is 30.2 Å². The smallest absolute Gasteiger partial charge is 0.241 e. The molecular weight excluding hydrogens is 725 g/mol. The van der Waals surface area contributed by atoms with Gasteiger partial charge in [-0.25, -0.2) is 0 Å². The quantitative estimate of drug-likeness (QED) is 0.106. The number of carbonyl (C=O) groups is 2. The number of aliphatic hydroxyl groups is 5. The zero-order chi connectivity index (χ0) is 38.3. The van der Waals surface area contributed by atoms with E-state index in [0.717, 1.165) is 64.1 Å². The van der Waals surface area contributed by atoms with Gasteiger partial charge in [0.2, 0.25) is 11.8 Å². The van der Waals surface area contributed by atoms with Crippen molar-refractivity contribution in [3.63, 3.8) is 0 Å². The van der Waals surface area contributed by atoms with E-state index in [1.54, 1.807) is 6.20 Å². The Morgan fingerprint density at radius 2 is 1.60 bits per heavy atom. The molecule has 12 nitrogen and oxygen atoms in total. The van der Waals surface area contributed by atoms with E-state index in [1.165, 1.54) is 19.0 Å². The highest BCUT2D eigenvalue weighted by Gasteiger charge is 2.48. The Bertz CT molecular complexity index is 1720. The van der Waals surface area contributed by atoms with Gasteiger partial charge in [-0.2, -0.15) is 0 Å². The van der Waals surface area contributed by atoms with Gasteiger partial charge in [0.25, 0.3) is 0 Å². The third-order valence-corrected chi connectivity index (χ3v) is 10.4. The van der Waals surface area contributed by atoms with Crippen molar-refractivity contribution in [3.8, 4) is 16.9 Å². The standard InChI is InChI=1S/C39H49Cl2N3O9/c1-43(2)36(49)21-44(20-32(46)37(50)38(51)33(47)22-45)35(48)10-6-3-7-24-17-31(41)25(18-30(24)40)23-52-39(14-15-39)29-19-42-16-13-27(29)28-8-4-5-9-34(28)53-26-11-12-26/h4-5,8-9,13,16-19,26,32-33,37-38,45-47,50-51H,3,6-7,10-12,14-15,20-23H2,1-2H3. The van der Waals surface area contributed by atoms with E-state index in [-0.39, 0.29) is 25.7 Å². The first kappa shape index (κ1) is 40.8. The third-order valence-electron chi connectivity index (χ3n) is 9.73. The van der Waals surface area contributed by atoms with Crippen molar-refractivity contribution in [1.82, 2.24) is 14.8 Å². The van der Waals surface area contributed by atoms with Crippen LogP contribution in [0.3, 0.4) is 0 Å². The number of unbranched alkanes of at least 4 members (excludes halogenated alkanes) is 1. The zero-order valence-corrected chi connectivity index (χ0v) is 31.5. The molecule has 14 heteroatoms. The molecule has 53 heavy (non-hydrogen) atoms. The van der Waals surface area contributed by atoms with Crippen molar-refractivity contribution >= 4 is 35.0 Å². The van der Waals surface area contributed by atoms with Crippen LogP contribution in [0.1, 0.15) is 61.6 Å². The fraction of sp³-hybridized carbons (Fsp3) is 0.513. The Balaban J connectivity index is 1.17. The van der Waals surface area contributed by atoms with Gasteiger partial charge in [0.05, 0.1) is 31.5 Å². The Morgan fingerprint density at radius 3 is 2.28 bits per heavy atom. The number of nitrogens with zero attached hydrogens (tertiary/aromatic N) is 3. The predicted molar refractivity (Wildman–Crippen MR) is 199 cm³/mol. The number of aliphatic hydroxyl groups excluding tert-OH is 5. The lowest BCUT2D eigenvalue weighted by atomic mass is 9.96. The average molecular weight is 775 g/mol. The third kappa shape index (κ3) is 10.7. The first-order chi connectivity index (χ1) is 25.3. The molecule has 2 amide bonds. The van der Waals surface area contributed by atoms with E-state index < -0.39 is 55.0 Å². The van der Waals surface area contributed by atoms with Crippen LogP contribution in [0.5, 0.6) is 5.75 Å². The first-order valence-corrected chi connectivity index (χ1v) is 18.7. The van der Waals surface area contributed by atoms with E-state index in [1.807, 2.05) is 42.6 Å². The minimum Gasteiger partial charge on any atom is -0.490 e. The number of pyridine rings is 1. The summed E-state index contributed by atoms with van der Waals surface area (Å²) in [6, 6.07) is 13.7. The van der Waals surface area contributed by atoms with E-state index in [0.29, 0.717) is 29.3 Å². The maximum absolute atomic E-state index is 13.2. The average Bonchev–Trinajstić information content (AvgIpc) is 4.10. The van der Waals surface area contributed by atoms with E-state index in [2.05, 4.69) is 11.1 Å². The summed E-state index contributed by atoms with van der Waals surface area (Å²) < 4.78 is 12.8. The molecule has 1 aromatic heterocycles. The van der Waals surface area contributed by atoms with Crippen molar-refractivity contribution < 1.29 is 44.6 Å². The van der Waals surface area contributed by atoms with Gasteiger partial charge in [-0.15, -0.1) is 0 Å². The predicted octanol–water partition coefficient (Wildman–Crippen LogP) is 3.87. The molecule has 0 bridgehead atoms. The van der Waals surface area contributed by atoms with Crippen LogP contribution in [0, 0.1) is 0 Å². The normalized spacial score (nSPS) is 17.1. The summed E-state index contributed by atoms with van der Waals surface area (Å²) in [5, 5.41) is 50.4. The molecular formula is C39H49Cl2N3O9. The minimum absolute atomic E-state index is 0.0399. The fourth-order valence-electron chi connectivity index (χ4n) is 6.11. The Kier molecular flexibility index (Phi) is 14.1. The second-order valence-electron chi connectivity index (χ2n) is 14.1. The molecule has 2 aromatic carbocycles. The highest BCUT2D eigenvalue weighted by Crippen LogP contribution is 2.53. The van der Waals surface area contributed by atoms with E-state index in [9.17, 15) is 30.0 Å². The number of benzene rings is 2. The summed E-state index contributed by atoms with van der Waals surface area (Å²) in [7, 11) is 3.05. The monoisotopic (exact) mass is 773 g/mol. The molecule has 288 valence electrons. The van der Waals surface area contributed by atoms with Gasteiger partial charge in [0, 0.05) is 60.6 Å². The molecule has 5 N–H and O–H groups in total. The lowest BCUT2D eigenvalue weighted by molar-refractivity contribution is -0.145. The number of para-hydroxylation sites is 1. The van der Waals surface area contributed by atoms with Crippen molar-refractivity contribution in [2.24, 2.45) is 0 Å². The molecule has 2 fully saturated rings. The highest BCUT2D eigenvalue weighted by atomic mass is 35.5. The molecule has 5 rings (SSSR count). The number of aromatic nitrogens is 1. The lowest BCUT2D eigenvalue weighted by Crippen LogP contribution is -2.52. The Hall–Kier alpha value is -3.33. The van der Waals surface area contributed by atoms with Crippen LogP contribution in [-0.4, -0.2) is 116 Å². The summed E-state index contributed by atoms with van der Waals surface area (Å²) in [4.78, 5) is 32.4. The summed E-state index contributed by atoms with van der Waals surface area (Å²) in [5.74, 6) is 0.0136. The summed E-state index contributed by atoms with van der Waals surface area (Å²) in [6.07, 6.45) is 2.23. The molecule has 2 saturated carbocycles. The van der Waals surface area contributed by atoms with Crippen LogP contribution >= 0.6 is 23.2 Å². The second-order valence-corrected chi connectivity index (χ2v) is 14.9. The van der Waals surface area contributed by atoms with Gasteiger partial charge in [-0.1, -0.05) is 41.4 Å². The van der Waals surface area contributed by atoms with Gasteiger partial charge in [0.15, 0.2) is 0 Å². The number of halogens is 2. The number of carbonyl (C=O) groups excluding carboxylic acids is 2. The van der Waals surface area contributed by atoms with Crippen molar-refractivity contribution in [2.75, 3.05) is 33.8 Å². The van der Waals surface area contributed by atoms with Crippen LogP contribution in [-0.2, 0) is 33.0 Å². The molecule has 0 radical (unpaired) electrons. The molecule has 2 aliphatic rings. The first-order valence-electron chi connectivity index (χ1n) is 18.0. The number of amides is 2. The van der Waals surface area contributed by atoms with Crippen molar-refractivity contribution in [3.05, 3.63) is 81.6 Å². The molecule has 0 saturated heterocycles. The Labute approximate surface area is 319 Å². The topological polar surface area (TPSA) is 173 Å². The maximum Gasteiger partial charge on any atom is 0.241 e. The molecule has 1 heterocycles. The van der Waals surface area contributed by atoms with Crippen molar-refractivity contribution in [1.29, 1.82) is 0 Å². The van der Waals surface area contributed by atoms with Gasteiger partial charge in [-0.3, -0.25) is 14.6 Å². The lowest BCUT2D eigenvalue weighted by Gasteiger charge is -2.30. The number of likely N-dealkylation sites (N-methyl/N-ethyl adjacent to an activating group) is 1. The number of hydrogen-bond donors (Lipinski definition) is 5. The molecule has 4 unspecified atom stereocenters. The van der Waals surface area contributed by atoms with Gasteiger partial charge >= 0.3 is 0 Å². The van der Waals surface area contributed by atoms with Gasteiger partial charge in [-0.05, 0) is 85.9 Å². The van der Waals surface area contributed by atoms with E-state index >= 15 is 0 Å². The summed E-state index contributed by atoms with van der Waals surface area (Å²) in [5.41, 5.74) is 4.11. The van der Waals surface area contributed by atoms with Gasteiger partial charge < -0.3 is 44.8 Å². The van der Waals surface area contributed by atoms with Crippen LogP contribution < -0.4 is 4.74 Å². The number of rotatable bonds is 20. The van der Waals surface area contributed by atoms with Crippen LogP contribution in [0.15, 0.2) is 54.9 Å². The fourth-order valence-corrected chi connectivity index (χ4v) is 6.63. The Morgan fingerprint density at radius 1 is 0.925 bits per heavy atom. The zero-order valence-electron chi connectivity index (χ0n) is 30.0. The largest absolute Gasteiger partial charge is 0.490 e. The van der Waals surface area contributed by atoms with E-state index in [4.69, 9.17) is 37.8 Å². The molecule has 2 aliphatic carbocycles. The SMILES string of the molecule is CN(C)C(=O)CN(CC(O)C(O)C(O)C(O)CO)C(=O)CCCCc1cc(Cl)c(COC2(c3cnccc3-c3ccccc3OC3CC3)CC2)cc1Cl. The second kappa shape index (κ2) is 18.3. The maximum atomic E-state index is 13.2. The summed E-state index contributed by atoms with van der Waals surface area (Å²) in [6.45, 7) is -1.41. The molecule has 0 spiro atoms. The summed E-state index contributed by atoms with van der Waals surface area (Å²) >= 11 is 13.5. The number of hydrogen-bond acceptors (Lipinski definition) is 10. The molecule has 3 aromatic rings. The van der Waals surface area contributed by atoms with Crippen LogP contribution in [0.25, 0.3) is 11.1 Å². The molecule has 4 atom stereocenters. The van der Waals surface area contributed by atoms with Crippen LogP contribution in [0.4, 0.5) is 0 Å².